The quantitative estimate of drug-likeness (QED) is 0.818. The highest BCUT2D eigenvalue weighted by molar-refractivity contribution is 5.94. The summed E-state index contributed by atoms with van der Waals surface area (Å²) in [4.78, 5) is 11.9. The number of amides is 1. The summed E-state index contributed by atoms with van der Waals surface area (Å²) in [5, 5.41) is 12.3. The van der Waals surface area contributed by atoms with Gasteiger partial charge in [-0.15, -0.1) is 0 Å². The van der Waals surface area contributed by atoms with Crippen molar-refractivity contribution in [2.45, 2.75) is 25.8 Å². The molecule has 1 amide bonds. The standard InChI is InChI=1S/C13H17NO3/c1-9-7-10(4-5-12(9)15)13(16)14-11-3-2-6-17-8-11/h4-5,7,11,15H,2-3,6,8H2,1H3,(H,14,16). The van der Waals surface area contributed by atoms with Crippen molar-refractivity contribution < 1.29 is 14.6 Å². The molecule has 1 saturated heterocycles. The third-order valence-corrected chi connectivity index (χ3v) is 2.95. The number of phenols is 1. The van der Waals surface area contributed by atoms with Crippen LogP contribution in [0.15, 0.2) is 18.2 Å². The lowest BCUT2D eigenvalue weighted by Crippen LogP contribution is -2.40. The van der Waals surface area contributed by atoms with Crippen molar-refractivity contribution in [3.05, 3.63) is 29.3 Å². The van der Waals surface area contributed by atoms with Crippen molar-refractivity contribution >= 4 is 5.91 Å². The smallest absolute Gasteiger partial charge is 0.251 e. The lowest BCUT2D eigenvalue weighted by molar-refractivity contribution is 0.0624. The molecular weight excluding hydrogens is 218 g/mol. The number of hydrogen-bond donors (Lipinski definition) is 2. The minimum Gasteiger partial charge on any atom is -0.508 e. The summed E-state index contributed by atoms with van der Waals surface area (Å²) in [5.41, 5.74) is 1.28. The maximum atomic E-state index is 11.9. The van der Waals surface area contributed by atoms with E-state index in [1.54, 1.807) is 25.1 Å². The first-order chi connectivity index (χ1) is 8.16. The second-order valence-electron chi connectivity index (χ2n) is 4.39. The van der Waals surface area contributed by atoms with Crippen molar-refractivity contribution in [3.63, 3.8) is 0 Å². The van der Waals surface area contributed by atoms with Crippen molar-refractivity contribution in [1.82, 2.24) is 5.32 Å². The molecular formula is C13H17NO3. The Morgan fingerprint density at radius 1 is 1.53 bits per heavy atom. The van der Waals surface area contributed by atoms with Crippen LogP contribution < -0.4 is 5.32 Å². The molecule has 1 aliphatic rings. The molecule has 92 valence electrons. The Labute approximate surface area is 101 Å². The monoisotopic (exact) mass is 235 g/mol. The van der Waals surface area contributed by atoms with E-state index < -0.39 is 0 Å². The van der Waals surface area contributed by atoms with E-state index in [2.05, 4.69) is 5.32 Å². The highest BCUT2D eigenvalue weighted by Crippen LogP contribution is 2.17. The van der Waals surface area contributed by atoms with E-state index in [0.29, 0.717) is 17.7 Å². The minimum absolute atomic E-state index is 0.102. The molecule has 0 aromatic heterocycles. The molecule has 0 saturated carbocycles. The van der Waals surface area contributed by atoms with Crippen LogP contribution in [0.5, 0.6) is 5.75 Å². The van der Waals surface area contributed by atoms with Crippen molar-refractivity contribution in [2.24, 2.45) is 0 Å². The Morgan fingerprint density at radius 3 is 3.00 bits per heavy atom. The summed E-state index contributed by atoms with van der Waals surface area (Å²) in [6, 6.07) is 4.96. The number of nitrogens with one attached hydrogen (secondary N) is 1. The molecule has 4 nitrogen and oxygen atoms in total. The maximum absolute atomic E-state index is 11.9. The van der Waals surface area contributed by atoms with Crippen LogP contribution in [-0.2, 0) is 4.74 Å². The normalized spacial score (nSPS) is 19.9. The van der Waals surface area contributed by atoms with Gasteiger partial charge in [-0.2, -0.15) is 0 Å². The van der Waals surface area contributed by atoms with Gasteiger partial charge in [-0.1, -0.05) is 0 Å². The summed E-state index contributed by atoms with van der Waals surface area (Å²) in [6.07, 6.45) is 1.95. The summed E-state index contributed by atoms with van der Waals surface area (Å²) < 4.78 is 5.31. The van der Waals surface area contributed by atoms with E-state index in [-0.39, 0.29) is 17.7 Å². The Balaban J connectivity index is 2.01. The predicted molar refractivity (Wildman–Crippen MR) is 64.2 cm³/mol. The lowest BCUT2D eigenvalue weighted by atomic mass is 10.1. The first kappa shape index (κ1) is 11.9. The first-order valence-corrected chi connectivity index (χ1v) is 5.85. The van der Waals surface area contributed by atoms with E-state index in [1.165, 1.54) is 0 Å². The number of ether oxygens (including phenoxy) is 1. The van der Waals surface area contributed by atoms with Crippen LogP contribution in [-0.4, -0.2) is 30.3 Å². The summed E-state index contributed by atoms with van der Waals surface area (Å²) in [6.45, 7) is 3.14. The molecule has 1 unspecified atom stereocenters. The number of carbonyl (C=O) groups excluding carboxylic acids is 1. The van der Waals surface area contributed by atoms with Crippen molar-refractivity contribution in [3.8, 4) is 5.75 Å². The van der Waals surface area contributed by atoms with Crippen molar-refractivity contribution in [2.75, 3.05) is 13.2 Å². The van der Waals surface area contributed by atoms with Crippen molar-refractivity contribution in [1.29, 1.82) is 0 Å². The summed E-state index contributed by atoms with van der Waals surface area (Å²) in [7, 11) is 0. The minimum atomic E-state index is -0.108. The molecule has 1 fully saturated rings. The van der Waals surface area contributed by atoms with Gasteiger partial charge in [-0.25, -0.2) is 0 Å². The highest BCUT2D eigenvalue weighted by atomic mass is 16.5. The molecule has 1 aromatic rings. The molecule has 2 N–H and O–H groups in total. The molecule has 2 rings (SSSR count). The van der Waals surface area contributed by atoms with Crippen LogP contribution >= 0.6 is 0 Å². The van der Waals surface area contributed by atoms with E-state index >= 15 is 0 Å². The number of carbonyl (C=O) groups is 1. The number of rotatable bonds is 2. The fourth-order valence-electron chi connectivity index (χ4n) is 1.92. The zero-order valence-electron chi connectivity index (χ0n) is 9.90. The fourth-order valence-corrected chi connectivity index (χ4v) is 1.92. The van der Waals surface area contributed by atoms with Gasteiger partial charge in [0.15, 0.2) is 0 Å². The van der Waals surface area contributed by atoms with Gasteiger partial charge >= 0.3 is 0 Å². The molecule has 1 atom stereocenters. The molecule has 1 heterocycles. The topological polar surface area (TPSA) is 58.6 Å². The van der Waals surface area contributed by atoms with Gasteiger partial charge in [-0.05, 0) is 43.5 Å². The van der Waals surface area contributed by atoms with E-state index in [9.17, 15) is 9.90 Å². The SMILES string of the molecule is Cc1cc(C(=O)NC2CCCOC2)ccc1O. The van der Waals surface area contributed by atoms with Crippen LogP contribution in [0.1, 0.15) is 28.8 Å². The molecule has 4 heteroatoms. The Bertz CT molecular complexity index is 411. The van der Waals surface area contributed by atoms with Gasteiger partial charge in [0.05, 0.1) is 12.6 Å². The Hall–Kier alpha value is -1.55. The molecule has 0 bridgehead atoms. The number of hydrogen-bond acceptors (Lipinski definition) is 3. The van der Waals surface area contributed by atoms with Gasteiger partial charge < -0.3 is 15.2 Å². The Kier molecular flexibility index (Phi) is 3.64. The Morgan fingerprint density at radius 2 is 2.35 bits per heavy atom. The maximum Gasteiger partial charge on any atom is 0.251 e. The third kappa shape index (κ3) is 2.97. The van der Waals surface area contributed by atoms with Gasteiger partial charge in [-0.3, -0.25) is 4.79 Å². The zero-order chi connectivity index (χ0) is 12.3. The second-order valence-corrected chi connectivity index (χ2v) is 4.39. The fraction of sp³-hybridized carbons (Fsp3) is 0.462. The lowest BCUT2D eigenvalue weighted by Gasteiger charge is -2.23. The molecule has 0 radical (unpaired) electrons. The van der Waals surface area contributed by atoms with E-state index in [1.807, 2.05) is 0 Å². The molecule has 17 heavy (non-hydrogen) atoms. The molecule has 0 aliphatic carbocycles. The van der Waals surface area contributed by atoms with Crippen LogP contribution in [0.2, 0.25) is 0 Å². The first-order valence-electron chi connectivity index (χ1n) is 5.85. The van der Waals surface area contributed by atoms with E-state index in [4.69, 9.17) is 4.74 Å². The summed E-state index contributed by atoms with van der Waals surface area (Å²) in [5.74, 6) is 0.103. The summed E-state index contributed by atoms with van der Waals surface area (Å²) >= 11 is 0. The molecule has 0 spiro atoms. The average molecular weight is 235 g/mol. The highest BCUT2D eigenvalue weighted by Gasteiger charge is 2.17. The van der Waals surface area contributed by atoms with Crippen LogP contribution in [0, 0.1) is 6.92 Å². The molecule has 1 aromatic carbocycles. The molecule has 1 aliphatic heterocycles. The van der Waals surface area contributed by atoms with Gasteiger partial charge in [0.2, 0.25) is 0 Å². The van der Waals surface area contributed by atoms with Crippen LogP contribution in [0.3, 0.4) is 0 Å². The zero-order valence-corrected chi connectivity index (χ0v) is 9.90. The van der Waals surface area contributed by atoms with Crippen LogP contribution in [0.4, 0.5) is 0 Å². The van der Waals surface area contributed by atoms with Crippen LogP contribution in [0.25, 0.3) is 0 Å². The number of aryl methyl sites for hydroxylation is 1. The number of phenolic OH excluding ortho intramolecular Hbond substituents is 1. The number of aromatic hydroxyl groups is 1. The van der Waals surface area contributed by atoms with Gasteiger partial charge in [0, 0.05) is 12.2 Å². The largest absolute Gasteiger partial charge is 0.508 e. The second kappa shape index (κ2) is 5.19. The number of benzene rings is 1. The van der Waals surface area contributed by atoms with E-state index in [0.717, 1.165) is 19.4 Å². The van der Waals surface area contributed by atoms with Gasteiger partial charge in [0.25, 0.3) is 5.91 Å². The third-order valence-electron chi connectivity index (χ3n) is 2.95. The van der Waals surface area contributed by atoms with Gasteiger partial charge in [0.1, 0.15) is 5.75 Å². The average Bonchev–Trinajstić information content (AvgIpc) is 2.34. The predicted octanol–water partition coefficient (Wildman–Crippen LogP) is 1.61.